The molecule has 0 bridgehead atoms. The second-order valence-corrected chi connectivity index (χ2v) is 11.1. The number of carbonyl (C=O) groups excluding carboxylic acids is 1. The van der Waals surface area contributed by atoms with Crippen molar-refractivity contribution in [1.29, 1.82) is 0 Å². The lowest BCUT2D eigenvalue weighted by molar-refractivity contribution is -0.141. The molecule has 0 amide bonds. The molecular formula is C35H32F3N5O2. The second kappa shape index (κ2) is 13.8. The van der Waals surface area contributed by atoms with Crippen LogP contribution in [0.5, 0.6) is 0 Å². The van der Waals surface area contributed by atoms with Crippen molar-refractivity contribution in [3.05, 3.63) is 141 Å². The Morgan fingerprint density at radius 2 is 1.69 bits per heavy atom. The fraction of sp³-hybridized carbons (Fsp3) is 0.229. The van der Waals surface area contributed by atoms with E-state index in [9.17, 15) is 22.8 Å². The quantitative estimate of drug-likeness (QED) is 0.157. The van der Waals surface area contributed by atoms with Crippen molar-refractivity contribution >= 4 is 22.8 Å². The van der Waals surface area contributed by atoms with Crippen LogP contribution in [0.15, 0.2) is 96.2 Å². The summed E-state index contributed by atoms with van der Waals surface area (Å²) in [6.07, 6.45) is 4.85. The number of allylic oxidation sites excluding steroid dienone is 1. The first-order chi connectivity index (χ1) is 21.5. The van der Waals surface area contributed by atoms with E-state index in [0.717, 1.165) is 46.7 Å². The van der Waals surface area contributed by atoms with Gasteiger partial charge < -0.3 is 9.47 Å². The fourth-order valence-electron chi connectivity index (χ4n) is 4.91. The molecular weight excluding hydrogens is 579 g/mol. The number of alkyl halides is 3. The zero-order valence-corrected chi connectivity index (χ0v) is 25.0. The van der Waals surface area contributed by atoms with E-state index in [-0.39, 0.29) is 24.3 Å². The van der Waals surface area contributed by atoms with Gasteiger partial charge in [0.2, 0.25) is 0 Å². The summed E-state index contributed by atoms with van der Waals surface area (Å²) >= 11 is 0. The highest BCUT2D eigenvalue weighted by atomic mass is 19.4. The number of hydrogen-bond acceptors (Lipinski definition) is 6. The number of nitrogens with zero attached hydrogens (tertiary/aromatic N) is 5. The van der Waals surface area contributed by atoms with Crippen molar-refractivity contribution in [2.24, 2.45) is 0 Å². The van der Waals surface area contributed by atoms with Crippen LogP contribution in [0.25, 0.3) is 17.0 Å². The molecule has 2 aromatic carbocycles. The van der Waals surface area contributed by atoms with E-state index in [4.69, 9.17) is 4.98 Å². The summed E-state index contributed by atoms with van der Waals surface area (Å²) in [5.41, 5.74) is 3.14. The molecule has 0 aliphatic heterocycles. The Labute approximate surface area is 258 Å². The van der Waals surface area contributed by atoms with Crippen LogP contribution in [-0.4, -0.2) is 44.3 Å². The first-order valence-corrected chi connectivity index (χ1v) is 14.4. The largest absolute Gasteiger partial charge is 0.433 e. The van der Waals surface area contributed by atoms with Gasteiger partial charge >= 0.3 is 6.18 Å². The molecule has 10 heteroatoms. The molecule has 5 rings (SSSR count). The summed E-state index contributed by atoms with van der Waals surface area (Å²) in [7, 11) is 4.09. The molecule has 5 aromatic rings. The zero-order valence-electron chi connectivity index (χ0n) is 25.0. The number of ketones is 1. The molecule has 0 radical (unpaired) electrons. The van der Waals surface area contributed by atoms with E-state index in [1.807, 2.05) is 50.6 Å². The van der Waals surface area contributed by atoms with Crippen LogP contribution in [0.4, 0.5) is 13.2 Å². The predicted octanol–water partition coefficient (Wildman–Crippen LogP) is 6.58. The van der Waals surface area contributed by atoms with Crippen molar-refractivity contribution in [1.82, 2.24) is 24.4 Å². The number of halogens is 3. The molecule has 0 unspecified atom stereocenters. The van der Waals surface area contributed by atoms with Crippen molar-refractivity contribution in [3.8, 4) is 0 Å². The van der Waals surface area contributed by atoms with E-state index in [1.165, 1.54) is 28.5 Å². The van der Waals surface area contributed by atoms with Gasteiger partial charge in [0.05, 0.1) is 17.6 Å². The second-order valence-electron chi connectivity index (χ2n) is 11.1. The van der Waals surface area contributed by atoms with Crippen molar-refractivity contribution in [2.45, 2.75) is 38.5 Å². The maximum atomic E-state index is 12.9. The van der Waals surface area contributed by atoms with Gasteiger partial charge in [0.1, 0.15) is 11.5 Å². The van der Waals surface area contributed by atoms with Gasteiger partial charge in [-0.2, -0.15) is 13.2 Å². The van der Waals surface area contributed by atoms with Crippen LogP contribution in [-0.2, 0) is 25.7 Å². The SMILES string of the molecule is CN(C)Cc1ccc(Cc2ncc3cc(/C=C/CCC(=O)c4cccn(Cc5ccc(C(F)(F)F)nc5)c4=O)ccc3n2)cc1. The van der Waals surface area contributed by atoms with E-state index < -0.39 is 17.4 Å². The minimum atomic E-state index is -4.54. The Hall–Kier alpha value is -4.96. The molecule has 0 fully saturated rings. The summed E-state index contributed by atoms with van der Waals surface area (Å²) in [4.78, 5) is 40.6. The number of hydrogen-bond donors (Lipinski definition) is 0. The van der Waals surface area contributed by atoms with E-state index in [0.29, 0.717) is 18.4 Å². The molecule has 7 nitrogen and oxygen atoms in total. The Balaban J connectivity index is 1.17. The standard InChI is InChI=1S/C35H32F3N5O2/c1-42(2)22-26-11-9-25(10-12-26)19-33-40-21-28-18-24(13-15-30(28)41-33)6-3-4-8-31(44)29-7-5-17-43(34(29)45)23-27-14-16-32(39-20-27)35(36,37)38/h3,5-7,9-18,20-21H,4,8,19,22-23H2,1-2H3/b6-3+. The smallest absolute Gasteiger partial charge is 0.310 e. The molecule has 3 heterocycles. The maximum Gasteiger partial charge on any atom is 0.433 e. The number of aromatic nitrogens is 4. The van der Waals surface area contributed by atoms with E-state index >= 15 is 0 Å². The Bertz CT molecular complexity index is 1880. The number of benzene rings is 2. The summed E-state index contributed by atoms with van der Waals surface area (Å²) in [5, 5.41) is 0.909. The molecule has 45 heavy (non-hydrogen) atoms. The van der Waals surface area contributed by atoms with Gasteiger partial charge in [-0.15, -0.1) is 0 Å². The van der Waals surface area contributed by atoms with Crippen molar-refractivity contribution in [2.75, 3.05) is 14.1 Å². The van der Waals surface area contributed by atoms with Crippen LogP contribution < -0.4 is 5.56 Å². The lowest BCUT2D eigenvalue weighted by atomic mass is 10.1. The molecule has 3 aromatic heterocycles. The molecule has 0 aliphatic carbocycles. The molecule has 0 saturated carbocycles. The monoisotopic (exact) mass is 611 g/mol. The average molecular weight is 612 g/mol. The Kier molecular flexibility index (Phi) is 9.63. The third-order valence-corrected chi connectivity index (χ3v) is 7.17. The Morgan fingerprint density at radius 3 is 2.40 bits per heavy atom. The predicted molar refractivity (Wildman–Crippen MR) is 168 cm³/mol. The summed E-state index contributed by atoms with van der Waals surface area (Å²) in [5.74, 6) is 0.442. The van der Waals surface area contributed by atoms with Crippen LogP contribution in [0.1, 0.15) is 57.0 Å². The van der Waals surface area contributed by atoms with Crippen LogP contribution in [0.2, 0.25) is 0 Å². The number of fused-ring (bicyclic) bond motifs is 1. The van der Waals surface area contributed by atoms with Gasteiger partial charge in [0.15, 0.2) is 5.78 Å². The summed E-state index contributed by atoms with van der Waals surface area (Å²) in [6, 6.07) is 19.6. The van der Waals surface area contributed by atoms with Gasteiger partial charge in [-0.25, -0.2) is 9.97 Å². The molecule has 0 saturated heterocycles. The summed E-state index contributed by atoms with van der Waals surface area (Å²) in [6.45, 7) is 0.894. The average Bonchev–Trinajstić information content (AvgIpc) is 3.01. The molecule has 0 spiro atoms. The highest BCUT2D eigenvalue weighted by molar-refractivity contribution is 5.95. The molecule has 230 valence electrons. The highest BCUT2D eigenvalue weighted by Crippen LogP contribution is 2.27. The number of Topliss-reactive ketones (excluding diaryl/α,β-unsaturated/α-hetero) is 1. The molecule has 0 atom stereocenters. The van der Waals surface area contributed by atoms with Gasteiger partial charge in [-0.3, -0.25) is 14.6 Å². The van der Waals surface area contributed by atoms with Crippen LogP contribution >= 0.6 is 0 Å². The Morgan fingerprint density at radius 1 is 0.933 bits per heavy atom. The number of rotatable bonds is 11. The minimum Gasteiger partial charge on any atom is -0.310 e. The van der Waals surface area contributed by atoms with Gasteiger partial charge in [-0.05, 0) is 73.1 Å². The van der Waals surface area contributed by atoms with Gasteiger partial charge in [-0.1, -0.05) is 48.6 Å². The zero-order chi connectivity index (χ0) is 32.0. The third-order valence-electron chi connectivity index (χ3n) is 7.17. The van der Waals surface area contributed by atoms with Crippen molar-refractivity contribution < 1.29 is 18.0 Å². The van der Waals surface area contributed by atoms with Crippen LogP contribution in [0.3, 0.4) is 0 Å². The normalized spacial score (nSPS) is 12.0. The van der Waals surface area contributed by atoms with Gasteiger partial charge in [0.25, 0.3) is 5.56 Å². The van der Waals surface area contributed by atoms with E-state index in [2.05, 4.69) is 39.1 Å². The van der Waals surface area contributed by atoms with E-state index in [1.54, 1.807) is 6.07 Å². The van der Waals surface area contributed by atoms with Gasteiger partial charge in [0, 0.05) is 43.4 Å². The third kappa shape index (κ3) is 8.36. The first kappa shape index (κ1) is 31.5. The lowest BCUT2D eigenvalue weighted by Crippen LogP contribution is -2.26. The maximum absolute atomic E-state index is 12.9. The van der Waals surface area contributed by atoms with Crippen molar-refractivity contribution in [3.63, 3.8) is 0 Å². The summed E-state index contributed by atoms with van der Waals surface area (Å²) < 4.78 is 39.6. The highest BCUT2D eigenvalue weighted by Gasteiger charge is 2.32. The fourth-order valence-corrected chi connectivity index (χ4v) is 4.91. The topological polar surface area (TPSA) is 81.0 Å². The minimum absolute atomic E-state index is 0.00229. The molecule has 0 N–H and O–H groups in total. The first-order valence-electron chi connectivity index (χ1n) is 14.4. The van der Waals surface area contributed by atoms with Crippen LogP contribution in [0, 0.1) is 0 Å². The number of carbonyl (C=O) groups is 1. The molecule has 0 aliphatic rings. The number of pyridine rings is 2. The lowest BCUT2D eigenvalue weighted by Gasteiger charge is -2.10.